The van der Waals surface area contributed by atoms with E-state index in [4.69, 9.17) is 21.4 Å². The summed E-state index contributed by atoms with van der Waals surface area (Å²) in [5.74, 6) is 1.79. The number of benzene rings is 3. The average molecular weight is 502 g/mol. The van der Waals surface area contributed by atoms with Crippen LogP contribution in [0.1, 0.15) is 57.1 Å². The van der Waals surface area contributed by atoms with Crippen LogP contribution in [0, 0.1) is 0 Å². The van der Waals surface area contributed by atoms with E-state index in [0.29, 0.717) is 23.5 Å². The van der Waals surface area contributed by atoms with Crippen molar-refractivity contribution >= 4 is 40.0 Å². The normalized spacial score (nSPS) is 11.9. The first-order chi connectivity index (χ1) is 17.3. The number of hydrogen-bond donors (Lipinski definition) is 2. The van der Waals surface area contributed by atoms with Crippen molar-refractivity contribution in [3.05, 3.63) is 77.9 Å². The highest BCUT2D eigenvalue weighted by atomic mass is 32.1. The number of hydrogen-bond acceptors (Lipinski definition) is 5. The standard InChI is InChI=1S/C29H31N3O3S/c1-5-19(4)22-10-15-26-25(16-22)31-28(35-26)21-6-11-23(12-7-21)30-29(36)32-27(33)17-34-24-13-8-20(9-14-24)18(2)3/h6-16,18-19H,5,17H2,1-4H3,(H2,30,32,33,36). The molecular weight excluding hydrogens is 470 g/mol. The molecule has 0 bridgehead atoms. The molecule has 1 atom stereocenters. The number of amides is 1. The van der Waals surface area contributed by atoms with Gasteiger partial charge in [0.15, 0.2) is 17.3 Å². The molecule has 0 saturated carbocycles. The molecule has 186 valence electrons. The quantitative estimate of drug-likeness (QED) is 0.253. The van der Waals surface area contributed by atoms with Gasteiger partial charge in [-0.2, -0.15) is 0 Å². The van der Waals surface area contributed by atoms with Crippen molar-refractivity contribution in [1.82, 2.24) is 10.3 Å². The van der Waals surface area contributed by atoms with Crippen LogP contribution in [0.3, 0.4) is 0 Å². The summed E-state index contributed by atoms with van der Waals surface area (Å²) < 4.78 is 11.5. The van der Waals surface area contributed by atoms with Gasteiger partial charge in [-0.1, -0.05) is 45.9 Å². The lowest BCUT2D eigenvalue weighted by Gasteiger charge is -2.11. The third-order valence-electron chi connectivity index (χ3n) is 6.15. The first kappa shape index (κ1) is 25.4. The molecule has 0 spiro atoms. The Morgan fingerprint density at radius 1 is 1.00 bits per heavy atom. The Labute approximate surface area is 217 Å². The fourth-order valence-electron chi connectivity index (χ4n) is 3.73. The number of oxazole rings is 1. The zero-order valence-electron chi connectivity index (χ0n) is 21.0. The van der Waals surface area contributed by atoms with E-state index in [2.05, 4.69) is 55.4 Å². The predicted molar refractivity (Wildman–Crippen MR) is 149 cm³/mol. The largest absolute Gasteiger partial charge is 0.484 e. The Balaban J connectivity index is 1.31. The molecule has 0 aliphatic carbocycles. The zero-order chi connectivity index (χ0) is 25.7. The second kappa shape index (κ2) is 11.4. The van der Waals surface area contributed by atoms with Crippen LogP contribution in [-0.2, 0) is 4.79 Å². The van der Waals surface area contributed by atoms with E-state index in [-0.39, 0.29) is 17.6 Å². The van der Waals surface area contributed by atoms with Gasteiger partial charge in [-0.3, -0.25) is 10.1 Å². The van der Waals surface area contributed by atoms with Gasteiger partial charge in [0.05, 0.1) is 0 Å². The maximum absolute atomic E-state index is 12.2. The van der Waals surface area contributed by atoms with E-state index in [0.717, 1.165) is 28.8 Å². The summed E-state index contributed by atoms with van der Waals surface area (Å²) >= 11 is 5.27. The summed E-state index contributed by atoms with van der Waals surface area (Å²) in [6, 6.07) is 21.4. The monoisotopic (exact) mass is 501 g/mol. The molecule has 3 aromatic carbocycles. The maximum atomic E-state index is 12.2. The molecule has 6 nitrogen and oxygen atoms in total. The molecule has 4 aromatic rings. The van der Waals surface area contributed by atoms with E-state index in [1.54, 1.807) is 0 Å². The fourth-order valence-corrected chi connectivity index (χ4v) is 3.96. The molecule has 1 heterocycles. The van der Waals surface area contributed by atoms with Crippen LogP contribution >= 0.6 is 12.2 Å². The van der Waals surface area contributed by atoms with Crippen molar-refractivity contribution in [2.24, 2.45) is 0 Å². The minimum Gasteiger partial charge on any atom is -0.484 e. The smallest absolute Gasteiger partial charge is 0.264 e. The molecule has 1 aromatic heterocycles. The van der Waals surface area contributed by atoms with Crippen LogP contribution in [0.5, 0.6) is 5.75 Å². The van der Waals surface area contributed by atoms with Crippen LogP contribution in [0.25, 0.3) is 22.6 Å². The summed E-state index contributed by atoms with van der Waals surface area (Å²) in [5, 5.41) is 5.85. The molecule has 36 heavy (non-hydrogen) atoms. The summed E-state index contributed by atoms with van der Waals surface area (Å²) in [5.41, 5.74) is 5.69. The summed E-state index contributed by atoms with van der Waals surface area (Å²) in [4.78, 5) is 16.9. The van der Waals surface area contributed by atoms with E-state index in [9.17, 15) is 4.79 Å². The zero-order valence-corrected chi connectivity index (χ0v) is 21.8. The Morgan fingerprint density at radius 2 is 1.69 bits per heavy atom. The van der Waals surface area contributed by atoms with E-state index >= 15 is 0 Å². The number of rotatable bonds is 8. The van der Waals surface area contributed by atoms with Gasteiger partial charge in [0.25, 0.3) is 5.91 Å². The number of carbonyl (C=O) groups is 1. The molecule has 0 fully saturated rings. The first-order valence-corrected chi connectivity index (χ1v) is 12.6. The van der Waals surface area contributed by atoms with Gasteiger partial charge < -0.3 is 14.5 Å². The van der Waals surface area contributed by atoms with E-state index < -0.39 is 0 Å². The number of nitrogens with zero attached hydrogens (tertiary/aromatic N) is 1. The lowest BCUT2D eigenvalue weighted by Crippen LogP contribution is -2.37. The molecule has 0 saturated heterocycles. The summed E-state index contributed by atoms with van der Waals surface area (Å²) in [6.07, 6.45) is 1.08. The predicted octanol–water partition coefficient (Wildman–Crippen LogP) is 7.02. The third kappa shape index (κ3) is 6.29. The van der Waals surface area contributed by atoms with Crippen molar-refractivity contribution < 1.29 is 13.9 Å². The number of fused-ring (bicyclic) bond motifs is 1. The molecule has 2 N–H and O–H groups in total. The topological polar surface area (TPSA) is 76.4 Å². The second-order valence-corrected chi connectivity index (χ2v) is 9.56. The van der Waals surface area contributed by atoms with Crippen LogP contribution in [-0.4, -0.2) is 22.6 Å². The molecule has 0 aliphatic heterocycles. The number of nitrogens with one attached hydrogen (secondary N) is 2. The Hall–Kier alpha value is -3.71. The Bertz CT molecular complexity index is 1340. The van der Waals surface area contributed by atoms with Gasteiger partial charge in [-0.05, 0) is 90.1 Å². The van der Waals surface area contributed by atoms with Crippen molar-refractivity contribution in [3.8, 4) is 17.2 Å². The number of carbonyl (C=O) groups excluding carboxylic acids is 1. The molecule has 1 amide bonds. The molecule has 4 rings (SSSR count). The van der Waals surface area contributed by atoms with Gasteiger partial charge >= 0.3 is 0 Å². The van der Waals surface area contributed by atoms with Crippen LogP contribution in [0.4, 0.5) is 5.69 Å². The van der Waals surface area contributed by atoms with Crippen molar-refractivity contribution in [2.75, 3.05) is 11.9 Å². The van der Waals surface area contributed by atoms with Gasteiger partial charge in [0, 0.05) is 11.3 Å². The number of anilines is 1. The lowest BCUT2D eigenvalue weighted by molar-refractivity contribution is -0.121. The highest BCUT2D eigenvalue weighted by molar-refractivity contribution is 7.80. The minimum absolute atomic E-state index is 0.127. The van der Waals surface area contributed by atoms with Crippen molar-refractivity contribution in [2.45, 2.75) is 46.0 Å². The average Bonchev–Trinajstić information content (AvgIpc) is 3.31. The molecule has 1 unspecified atom stereocenters. The minimum atomic E-state index is -0.333. The third-order valence-corrected chi connectivity index (χ3v) is 6.36. The van der Waals surface area contributed by atoms with E-state index in [1.807, 2.05) is 54.6 Å². The highest BCUT2D eigenvalue weighted by Crippen LogP contribution is 2.28. The summed E-state index contributed by atoms with van der Waals surface area (Å²) in [7, 11) is 0. The van der Waals surface area contributed by atoms with Crippen molar-refractivity contribution in [1.29, 1.82) is 0 Å². The first-order valence-electron chi connectivity index (χ1n) is 12.2. The lowest BCUT2D eigenvalue weighted by atomic mass is 9.98. The molecular formula is C29H31N3O3S. The maximum Gasteiger partial charge on any atom is 0.264 e. The number of thiocarbonyl (C=S) groups is 1. The Morgan fingerprint density at radius 3 is 2.36 bits per heavy atom. The van der Waals surface area contributed by atoms with Gasteiger partial charge in [-0.25, -0.2) is 4.98 Å². The summed E-state index contributed by atoms with van der Waals surface area (Å²) in [6.45, 7) is 8.51. The Kier molecular flexibility index (Phi) is 8.00. The van der Waals surface area contributed by atoms with Gasteiger partial charge in [0.1, 0.15) is 11.3 Å². The second-order valence-electron chi connectivity index (χ2n) is 9.15. The van der Waals surface area contributed by atoms with Crippen LogP contribution < -0.4 is 15.4 Å². The van der Waals surface area contributed by atoms with Crippen LogP contribution in [0.15, 0.2) is 71.1 Å². The fraction of sp³-hybridized carbons (Fsp3) is 0.276. The van der Waals surface area contributed by atoms with Gasteiger partial charge in [-0.15, -0.1) is 0 Å². The highest BCUT2D eigenvalue weighted by Gasteiger charge is 2.12. The number of ether oxygens (including phenoxy) is 1. The SMILES string of the molecule is CCC(C)c1ccc2oc(-c3ccc(NC(=S)NC(=O)COc4ccc(C(C)C)cc4)cc3)nc2c1. The molecule has 0 radical (unpaired) electrons. The van der Waals surface area contributed by atoms with Crippen LogP contribution in [0.2, 0.25) is 0 Å². The molecule has 0 aliphatic rings. The molecule has 7 heteroatoms. The number of aromatic nitrogens is 1. The van der Waals surface area contributed by atoms with Crippen molar-refractivity contribution in [3.63, 3.8) is 0 Å². The van der Waals surface area contributed by atoms with E-state index in [1.165, 1.54) is 11.1 Å². The van der Waals surface area contributed by atoms with Gasteiger partial charge in [0.2, 0.25) is 5.89 Å².